The summed E-state index contributed by atoms with van der Waals surface area (Å²) in [4.78, 5) is 18.5. The first-order valence-electron chi connectivity index (χ1n) is 8.72. The van der Waals surface area contributed by atoms with Crippen LogP contribution in [0.25, 0.3) is 0 Å². The van der Waals surface area contributed by atoms with E-state index in [9.17, 15) is 4.79 Å². The van der Waals surface area contributed by atoms with Crippen LogP contribution in [0.2, 0.25) is 0 Å². The van der Waals surface area contributed by atoms with Crippen molar-refractivity contribution in [2.45, 2.75) is 64.6 Å². The number of nitrogens with zero attached hydrogens (tertiary/aromatic N) is 3. The molecule has 1 aromatic rings. The van der Waals surface area contributed by atoms with Gasteiger partial charge in [0.25, 0.3) is 0 Å². The quantitative estimate of drug-likeness (QED) is 0.872. The van der Waals surface area contributed by atoms with Gasteiger partial charge in [-0.1, -0.05) is 6.92 Å². The Balaban J connectivity index is 1.43. The van der Waals surface area contributed by atoms with E-state index in [1.54, 1.807) is 0 Å². The van der Waals surface area contributed by atoms with E-state index in [2.05, 4.69) is 39.8 Å². The lowest BCUT2D eigenvalue weighted by Crippen LogP contribution is -2.48. The zero-order valence-corrected chi connectivity index (χ0v) is 13.8. The van der Waals surface area contributed by atoms with E-state index in [0.29, 0.717) is 23.9 Å². The number of aryl methyl sites for hydroxylation is 1. The Bertz CT molecular complexity index is 501. The maximum Gasteiger partial charge on any atom is 0.225 e. The largest absolute Gasteiger partial charge is 0.342 e. The maximum absolute atomic E-state index is 12.1. The third kappa shape index (κ3) is 3.69. The number of imidazole rings is 1. The lowest BCUT2D eigenvalue weighted by molar-refractivity contribution is -0.133. The first kappa shape index (κ1) is 15.5. The molecular weight excluding hydrogens is 276 g/mol. The molecule has 122 valence electrons. The van der Waals surface area contributed by atoms with Crippen molar-refractivity contribution in [1.29, 1.82) is 0 Å². The summed E-state index contributed by atoms with van der Waals surface area (Å²) in [5.41, 5.74) is 0. The summed E-state index contributed by atoms with van der Waals surface area (Å²) < 4.78 is 2.24. The van der Waals surface area contributed by atoms with Gasteiger partial charge in [0.2, 0.25) is 5.91 Å². The highest BCUT2D eigenvalue weighted by molar-refractivity contribution is 5.81. The SMILES string of the molecule is CCc1nccn1CC(C)NC1CCN(C(=O)C2CC2)CC1. The van der Waals surface area contributed by atoms with Crippen molar-refractivity contribution < 1.29 is 4.79 Å². The van der Waals surface area contributed by atoms with Gasteiger partial charge in [-0.3, -0.25) is 4.79 Å². The average Bonchev–Trinajstić information content (AvgIpc) is 3.28. The Hall–Kier alpha value is -1.36. The molecular formula is C17H28N4O. The van der Waals surface area contributed by atoms with E-state index in [1.165, 1.54) is 0 Å². The first-order valence-corrected chi connectivity index (χ1v) is 8.72. The van der Waals surface area contributed by atoms with Gasteiger partial charge in [0.1, 0.15) is 5.82 Å². The predicted octanol–water partition coefficient (Wildman–Crippen LogP) is 1.82. The summed E-state index contributed by atoms with van der Waals surface area (Å²) in [6.45, 7) is 7.19. The fraction of sp³-hybridized carbons (Fsp3) is 0.765. The van der Waals surface area contributed by atoms with Crippen molar-refractivity contribution in [2.24, 2.45) is 5.92 Å². The van der Waals surface area contributed by atoms with Gasteiger partial charge in [-0.05, 0) is 32.6 Å². The minimum atomic E-state index is 0.358. The molecule has 1 aliphatic heterocycles. The van der Waals surface area contributed by atoms with Crippen LogP contribution in [-0.4, -0.2) is 45.5 Å². The van der Waals surface area contributed by atoms with Crippen LogP contribution in [0.5, 0.6) is 0 Å². The van der Waals surface area contributed by atoms with Gasteiger partial charge in [-0.15, -0.1) is 0 Å². The molecule has 1 saturated carbocycles. The van der Waals surface area contributed by atoms with E-state index < -0.39 is 0 Å². The Morgan fingerprint density at radius 2 is 2.09 bits per heavy atom. The molecule has 0 spiro atoms. The molecule has 1 aromatic heterocycles. The van der Waals surface area contributed by atoms with Gasteiger partial charge < -0.3 is 14.8 Å². The second-order valence-corrected chi connectivity index (χ2v) is 6.79. The number of carbonyl (C=O) groups excluding carboxylic acids is 1. The lowest BCUT2D eigenvalue weighted by Gasteiger charge is -2.34. The van der Waals surface area contributed by atoms with E-state index >= 15 is 0 Å². The molecule has 1 saturated heterocycles. The molecule has 5 heteroatoms. The molecule has 1 unspecified atom stereocenters. The van der Waals surface area contributed by atoms with Crippen molar-refractivity contribution in [1.82, 2.24) is 19.8 Å². The number of hydrogen-bond acceptors (Lipinski definition) is 3. The number of hydrogen-bond donors (Lipinski definition) is 1. The zero-order valence-electron chi connectivity index (χ0n) is 13.8. The Labute approximate surface area is 133 Å². The predicted molar refractivity (Wildman–Crippen MR) is 86.5 cm³/mol. The Morgan fingerprint density at radius 1 is 1.36 bits per heavy atom. The van der Waals surface area contributed by atoms with Crippen LogP contribution in [0, 0.1) is 5.92 Å². The minimum Gasteiger partial charge on any atom is -0.342 e. The Morgan fingerprint density at radius 3 is 2.73 bits per heavy atom. The molecule has 0 bridgehead atoms. The highest BCUT2D eigenvalue weighted by Crippen LogP contribution is 2.31. The number of piperidine rings is 1. The highest BCUT2D eigenvalue weighted by atomic mass is 16.2. The molecule has 0 aromatic carbocycles. The maximum atomic E-state index is 12.1. The molecule has 5 nitrogen and oxygen atoms in total. The average molecular weight is 304 g/mol. The van der Waals surface area contributed by atoms with E-state index in [1.807, 2.05) is 6.20 Å². The number of amides is 1. The monoisotopic (exact) mass is 304 g/mol. The standard InChI is InChI=1S/C17H28N4O/c1-3-16-18-8-11-21(16)12-13(2)19-15-6-9-20(10-7-15)17(22)14-4-5-14/h8,11,13-15,19H,3-7,9-10,12H2,1-2H3. The molecule has 1 amide bonds. The molecule has 1 atom stereocenters. The van der Waals surface area contributed by atoms with Gasteiger partial charge in [-0.25, -0.2) is 4.98 Å². The van der Waals surface area contributed by atoms with Gasteiger partial charge in [0, 0.05) is 56.5 Å². The van der Waals surface area contributed by atoms with Crippen molar-refractivity contribution in [3.05, 3.63) is 18.2 Å². The third-order valence-corrected chi connectivity index (χ3v) is 4.84. The molecule has 22 heavy (non-hydrogen) atoms. The summed E-state index contributed by atoms with van der Waals surface area (Å²) >= 11 is 0. The highest BCUT2D eigenvalue weighted by Gasteiger charge is 2.34. The minimum absolute atomic E-state index is 0.358. The van der Waals surface area contributed by atoms with Crippen molar-refractivity contribution >= 4 is 5.91 Å². The van der Waals surface area contributed by atoms with Crippen LogP contribution in [0.3, 0.4) is 0 Å². The summed E-state index contributed by atoms with van der Waals surface area (Å²) in [6, 6.07) is 0.960. The van der Waals surface area contributed by atoms with Crippen molar-refractivity contribution in [3.8, 4) is 0 Å². The molecule has 2 aliphatic rings. The van der Waals surface area contributed by atoms with Gasteiger partial charge in [-0.2, -0.15) is 0 Å². The fourth-order valence-electron chi connectivity index (χ4n) is 3.43. The first-order chi connectivity index (χ1) is 10.7. The molecule has 1 N–H and O–H groups in total. The number of likely N-dealkylation sites (tertiary alicyclic amines) is 1. The summed E-state index contributed by atoms with van der Waals surface area (Å²) in [7, 11) is 0. The number of aromatic nitrogens is 2. The molecule has 3 rings (SSSR count). The third-order valence-electron chi connectivity index (χ3n) is 4.84. The fourth-order valence-corrected chi connectivity index (χ4v) is 3.43. The number of nitrogens with one attached hydrogen (secondary N) is 1. The number of rotatable bonds is 6. The Kier molecular flexibility index (Phi) is 4.81. The normalized spacial score (nSPS) is 21.1. The van der Waals surface area contributed by atoms with Crippen LogP contribution in [0.4, 0.5) is 0 Å². The lowest BCUT2D eigenvalue weighted by atomic mass is 10.0. The smallest absolute Gasteiger partial charge is 0.225 e. The second-order valence-electron chi connectivity index (χ2n) is 6.79. The molecule has 0 radical (unpaired) electrons. The van der Waals surface area contributed by atoms with Crippen molar-refractivity contribution in [3.63, 3.8) is 0 Å². The van der Waals surface area contributed by atoms with Crippen LogP contribution in [0.1, 0.15) is 45.4 Å². The van der Waals surface area contributed by atoms with Crippen LogP contribution < -0.4 is 5.32 Å². The molecule has 2 fully saturated rings. The van der Waals surface area contributed by atoms with Crippen molar-refractivity contribution in [2.75, 3.05) is 13.1 Å². The topological polar surface area (TPSA) is 50.2 Å². The van der Waals surface area contributed by atoms with Gasteiger partial charge in [0.05, 0.1) is 0 Å². The van der Waals surface area contributed by atoms with Crippen LogP contribution in [0.15, 0.2) is 12.4 Å². The summed E-state index contributed by atoms with van der Waals surface area (Å²) in [5.74, 6) is 1.91. The molecule has 2 heterocycles. The van der Waals surface area contributed by atoms with Crippen LogP contribution >= 0.6 is 0 Å². The zero-order chi connectivity index (χ0) is 15.5. The van der Waals surface area contributed by atoms with Gasteiger partial charge >= 0.3 is 0 Å². The molecule has 1 aliphatic carbocycles. The van der Waals surface area contributed by atoms with Gasteiger partial charge in [0.15, 0.2) is 0 Å². The summed E-state index contributed by atoms with van der Waals surface area (Å²) in [5, 5.41) is 3.73. The number of carbonyl (C=O) groups is 1. The van der Waals surface area contributed by atoms with Crippen LogP contribution in [-0.2, 0) is 17.8 Å². The van der Waals surface area contributed by atoms with E-state index in [-0.39, 0.29) is 0 Å². The van der Waals surface area contributed by atoms with E-state index in [0.717, 1.165) is 57.6 Å². The second kappa shape index (κ2) is 6.82. The summed E-state index contributed by atoms with van der Waals surface area (Å²) in [6.07, 6.45) is 9.29. The van der Waals surface area contributed by atoms with E-state index in [4.69, 9.17) is 0 Å².